The molecule has 0 spiro atoms. The van der Waals surface area contributed by atoms with Crippen LogP contribution >= 0.6 is 11.6 Å². The molecule has 0 unspecified atom stereocenters. The Morgan fingerprint density at radius 3 is 2.41 bits per heavy atom. The molecule has 2 aromatic rings. The van der Waals surface area contributed by atoms with Gasteiger partial charge < -0.3 is 9.47 Å². The standard InChI is InChI=1S/C20H21ClN2O5S/c1-14(24)16-2-4-17(5-3-16)29(25,26)23-8-6-22(7-9-23)12-15-10-18(21)20-19(11-15)27-13-28-20/h2-5,10-11H,6-9,12-13H2,1H3. The number of piperazine rings is 1. The Labute approximate surface area is 174 Å². The topological polar surface area (TPSA) is 76.2 Å². The van der Waals surface area contributed by atoms with Gasteiger partial charge in [-0.1, -0.05) is 23.7 Å². The van der Waals surface area contributed by atoms with Crippen LogP contribution in [0.15, 0.2) is 41.3 Å². The fourth-order valence-corrected chi connectivity index (χ4v) is 5.22. The zero-order valence-electron chi connectivity index (χ0n) is 15.9. The number of rotatable bonds is 5. The van der Waals surface area contributed by atoms with Crippen molar-refractivity contribution in [3.63, 3.8) is 0 Å². The number of halogens is 1. The molecule has 0 atom stereocenters. The van der Waals surface area contributed by atoms with Crippen molar-refractivity contribution in [1.82, 2.24) is 9.21 Å². The predicted molar refractivity (Wildman–Crippen MR) is 108 cm³/mol. The van der Waals surface area contributed by atoms with Crippen molar-refractivity contribution in [2.75, 3.05) is 33.0 Å². The van der Waals surface area contributed by atoms with Crippen LogP contribution in [0, 0.1) is 0 Å². The molecule has 0 N–H and O–H groups in total. The molecule has 9 heteroatoms. The van der Waals surface area contributed by atoms with E-state index in [1.807, 2.05) is 12.1 Å². The minimum atomic E-state index is -3.58. The molecule has 2 aliphatic heterocycles. The highest BCUT2D eigenvalue weighted by atomic mass is 35.5. The Hall–Kier alpha value is -2.13. The van der Waals surface area contributed by atoms with E-state index >= 15 is 0 Å². The van der Waals surface area contributed by atoms with Crippen LogP contribution in [0.3, 0.4) is 0 Å². The molecule has 2 aromatic carbocycles. The van der Waals surface area contributed by atoms with E-state index in [1.54, 1.807) is 12.1 Å². The molecule has 1 fully saturated rings. The first kappa shape index (κ1) is 20.2. The Bertz CT molecular complexity index is 1030. The SMILES string of the molecule is CC(=O)c1ccc(S(=O)(=O)N2CCN(Cc3cc(Cl)c4c(c3)OCO4)CC2)cc1. The lowest BCUT2D eigenvalue weighted by atomic mass is 10.1. The maximum atomic E-state index is 12.9. The van der Waals surface area contributed by atoms with Crippen LogP contribution in [0.25, 0.3) is 0 Å². The number of carbonyl (C=O) groups excluding carboxylic acids is 1. The Kier molecular flexibility index (Phi) is 5.52. The monoisotopic (exact) mass is 436 g/mol. The summed E-state index contributed by atoms with van der Waals surface area (Å²) in [6, 6.07) is 9.85. The molecule has 0 saturated carbocycles. The fourth-order valence-electron chi connectivity index (χ4n) is 3.51. The van der Waals surface area contributed by atoms with E-state index in [9.17, 15) is 13.2 Å². The number of nitrogens with zero attached hydrogens (tertiary/aromatic N) is 2. The normalized spacial score (nSPS) is 17.4. The van der Waals surface area contributed by atoms with Gasteiger partial charge in [-0.2, -0.15) is 4.31 Å². The molecule has 0 aromatic heterocycles. The van der Waals surface area contributed by atoms with Crippen LogP contribution in [0.4, 0.5) is 0 Å². The minimum Gasteiger partial charge on any atom is -0.454 e. The third-order valence-electron chi connectivity index (χ3n) is 5.12. The first-order valence-electron chi connectivity index (χ1n) is 9.26. The first-order valence-corrected chi connectivity index (χ1v) is 11.1. The van der Waals surface area contributed by atoms with Gasteiger partial charge in [0.15, 0.2) is 17.3 Å². The molecular formula is C20H21ClN2O5S. The number of sulfonamides is 1. The number of hydrogen-bond donors (Lipinski definition) is 0. The third-order valence-corrected chi connectivity index (χ3v) is 7.32. The van der Waals surface area contributed by atoms with Crippen LogP contribution in [-0.2, 0) is 16.6 Å². The smallest absolute Gasteiger partial charge is 0.243 e. The van der Waals surface area contributed by atoms with Gasteiger partial charge in [0.2, 0.25) is 16.8 Å². The molecule has 29 heavy (non-hydrogen) atoms. The van der Waals surface area contributed by atoms with Crippen molar-refractivity contribution in [3.8, 4) is 11.5 Å². The maximum Gasteiger partial charge on any atom is 0.243 e. The third kappa shape index (κ3) is 4.11. The largest absolute Gasteiger partial charge is 0.454 e. The second-order valence-corrected chi connectivity index (χ2v) is 9.42. The van der Waals surface area contributed by atoms with E-state index in [-0.39, 0.29) is 17.5 Å². The molecule has 0 bridgehead atoms. The van der Waals surface area contributed by atoms with E-state index in [1.165, 1.54) is 23.4 Å². The Morgan fingerprint density at radius 2 is 1.76 bits per heavy atom. The van der Waals surface area contributed by atoms with E-state index in [2.05, 4.69) is 4.90 Å². The summed E-state index contributed by atoms with van der Waals surface area (Å²) in [5.74, 6) is 1.12. The zero-order chi connectivity index (χ0) is 20.6. The van der Waals surface area contributed by atoms with Crippen LogP contribution < -0.4 is 9.47 Å². The lowest BCUT2D eigenvalue weighted by molar-refractivity contribution is 0.101. The number of Topliss-reactive ketones (excluding diaryl/α,β-unsaturated/α-hetero) is 1. The summed E-state index contributed by atoms with van der Waals surface area (Å²) in [5.41, 5.74) is 1.49. The summed E-state index contributed by atoms with van der Waals surface area (Å²) in [6.07, 6.45) is 0. The molecule has 4 rings (SSSR count). The van der Waals surface area contributed by atoms with Gasteiger partial charge in [-0.05, 0) is 36.8 Å². The van der Waals surface area contributed by atoms with Crippen molar-refractivity contribution < 1.29 is 22.7 Å². The summed E-state index contributed by atoms with van der Waals surface area (Å²) in [7, 11) is -3.58. The van der Waals surface area contributed by atoms with E-state index in [4.69, 9.17) is 21.1 Å². The Morgan fingerprint density at radius 1 is 1.07 bits per heavy atom. The second kappa shape index (κ2) is 7.95. The van der Waals surface area contributed by atoms with Crippen molar-refractivity contribution in [2.45, 2.75) is 18.4 Å². The van der Waals surface area contributed by atoms with Gasteiger partial charge in [0.1, 0.15) is 0 Å². The minimum absolute atomic E-state index is 0.0915. The lowest BCUT2D eigenvalue weighted by Crippen LogP contribution is -2.48. The van der Waals surface area contributed by atoms with Crippen molar-refractivity contribution in [1.29, 1.82) is 0 Å². The number of ether oxygens (including phenoxy) is 2. The second-order valence-electron chi connectivity index (χ2n) is 7.07. The predicted octanol–water partition coefficient (Wildman–Crippen LogP) is 2.78. The summed E-state index contributed by atoms with van der Waals surface area (Å²) in [4.78, 5) is 13.8. The molecule has 7 nitrogen and oxygen atoms in total. The Balaban J connectivity index is 1.40. The van der Waals surface area contributed by atoms with Crippen LogP contribution in [0.1, 0.15) is 22.8 Å². The molecule has 0 radical (unpaired) electrons. The van der Waals surface area contributed by atoms with Gasteiger partial charge in [-0.15, -0.1) is 0 Å². The highest BCUT2D eigenvalue weighted by molar-refractivity contribution is 7.89. The molecule has 2 heterocycles. The number of hydrogen-bond acceptors (Lipinski definition) is 6. The van der Waals surface area contributed by atoms with Gasteiger partial charge >= 0.3 is 0 Å². The quantitative estimate of drug-likeness (QED) is 0.671. The van der Waals surface area contributed by atoms with Gasteiger partial charge in [0.25, 0.3) is 0 Å². The van der Waals surface area contributed by atoms with Crippen LogP contribution in [0.2, 0.25) is 5.02 Å². The van der Waals surface area contributed by atoms with Gasteiger partial charge in [-0.3, -0.25) is 9.69 Å². The summed E-state index contributed by atoms with van der Waals surface area (Å²) >= 11 is 6.24. The molecule has 0 aliphatic carbocycles. The summed E-state index contributed by atoms with van der Waals surface area (Å²) in [6.45, 7) is 4.29. The van der Waals surface area contributed by atoms with Gasteiger partial charge in [0, 0.05) is 38.3 Å². The van der Waals surface area contributed by atoms with E-state index < -0.39 is 10.0 Å². The van der Waals surface area contributed by atoms with Crippen LogP contribution in [0.5, 0.6) is 11.5 Å². The zero-order valence-corrected chi connectivity index (χ0v) is 17.5. The molecule has 2 aliphatic rings. The highest BCUT2D eigenvalue weighted by Gasteiger charge is 2.29. The number of benzene rings is 2. The van der Waals surface area contributed by atoms with Crippen LogP contribution in [-0.4, -0.2) is 56.4 Å². The summed E-state index contributed by atoms with van der Waals surface area (Å²) in [5, 5.41) is 0.519. The van der Waals surface area contributed by atoms with Crippen molar-refractivity contribution in [2.24, 2.45) is 0 Å². The highest BCUT2D eigenvalue weighted by Crippen LogP contribution is 2.40. The average molecular weight is 437 g/mol. The average Bonchev–Trinajstić information content (AvgIpc) is 3.18. The summed E-state index contributed by atoms with van der Waals surface area (Å²) < 4.78 is 38.0. The van der Waals surface area contributed by atoms with Crippen molar-refractivity contribution >= 4 is 27.4 Å². The van der Waals surface area contributed by atoms with Gasteiger partial charge in [-0.25, -0.2) is 8.42 Å². The maximum absolute atomic E-state index is 12.9. The fraction of sp³-hybridized carbons (Fsp3) is 0.350. The van der Waals surface area contributed by atoms with Gasteiger partial charge in [0.05, 0.1) is 9.92 Å². The van der Waals surface area contributed by atoms with Crippen molar-refractivity contribution in [3.05, 3.63) is 52.5 Å². The van der Waals surface area contributed by atoms with E-state index in [0.29, 0.717) is 54.8 Å². The lowest BCUT2D eigenvalue weighted by Gasteiger charge is -2.34. The number of carbonyl (C=O) groups is 1. The number of ketones is 1. The molecular weight excluding hydrogens is 416 g/mol. The molecule has 1 saturated heterocycles. The number of fused-ring (bicyclic) bond motifs is 1. The molecule has 0 amide bonds. The first-order chi connectivity index (χ1) is 13.8. The molecule has 154 valence electrons. The van der Waals surface area contributed by atoms with E-state index in [0.717, 1.165) is 5.56 Å².